The maximum Gasteiger partial charge on any atom is 0.257 e. The smallest absolute Gasteiger partial charge is 0.257 e. The molecule has 1 aromatic heterocycles. The normalized spacial score (nSPS) is 12.8. The van der Waals surface area contributed by atoms with Crippen molar-refractivity contribution in [2.24, 2.45) is 0 Å². The van der Waals surface area contributed by atoms with Crippen LogP contribution in [0.4, 0.5) is 17.2 Å². The summed E-state index contributed by atoms with van der Waals surface area (Å²) in [5.74, 6) is 1.79. The van der Waals surface area contributed by atoms with E-state index in [0.29, 0.717) is 22.7 Å². The zero-order valence-electron chi connectivity index (χ0n) is 16.5. The Hall–Kier alpha value is -3.54. The van der Waals surface area contributed by atoms with Gasteiger partial charge in [-0.15, -0.1) is 0 Å². The quantitative estimate of drug-likeness (QED) is 0.699. The number of para-hydroxylation sites is 1. The van der Waals surface area contributed by atoms with Crippen LogP contribution in [0.1, 0.15) is 22.3 Å². The molecule has 0 bridgehead atoms. The third-order valence-corrected chi connectivity index (χ3v) is 5.04. The van der Waals surface area contributed by atoms with Crippen LogP contribution in [-0.4, -0.2) is 31.7 Å². The number of hydrogen-bond donors (Lipinski definition) is 1. The van der Waals surface area contributed by atoms with E-state index in [2.05, 4.69) is 33.4 Å². The number of rotatable bonds is 5. The van der Waals surface area contributed by atoms with Crippen LogP contribution in [0.5, 0.6) is 11.5 Å². The number of benzene rings is 2. The van der Waals surface area contributed by atoms with E-state index in [9.17, 15) is 4.79 Å². The molecular weight excluding hydrogens is 366 g/mol. The number of ether oxygens (including phenoxy) is 2. The Balaban J connectivity index is 1.51. The number of aromatic nitrogens is 1. The first kappa shape index (κ1) is 18.8. The minimum Gasteiger partial charge on any atom is -0.493 e. The molecule has 0 radical (unpaired) electrons. The largest absolute Gasteiger partial charge is 0.493 e. The summed E-state index contributed by atoms with van der Waals surface area (Å²) >= 11 is 0. The Morgan fingerprint density at radius 2 is 1.86 bits per heavy atom. The molecule has 1 N–H and O–H groups in total. The molecule has 4 rings (SSSR count). The number of nitrogens with one attached hydrogen (secondary N) is 1. The average molecular weight is 389 g/mol. The SMILES string of the molecule is COc1ccc(NC(=O)c2ccc(N3CCCc4ccccc43)nc2)cc1OC. The highest BCUT2D eigenvalue weighted by Crippen LogP contribution is 2.32. The average Bonchev–Trinajstić information content (AvgIpc) is 2.78. The molecule has 3 aromatic rings. The number of methoxy groups -OCH3 is 2. The van der Waals surface area contributed by atoms with Gasteiger partial charge in [-0.3, -0.25) is 4.79 Å². The van der Waals surface area contributed by atoms with Gasteiger partial charge >= 0.3 is 0 Å². The molecule has 148 valence electrons. The van der Waals surface area contributed by atoms with Gasteiger partial charge in [0, 0.05) is 30.2 Å². The second kappa shape index (κ2) is 8.22. The second-order valence-electron chi connectivity index (χ2n) is 6.81. The first-order valence-corrected chi connectivity index (χ1v) is 9.54. The van der Waals surface area contributed by atoms with E-state index in [4.69, 9.17) is 9.47 Å². The van der Waals surface area contributed by atoms with E-state index >= 15 is 0 Å². The van der Waals surface area contributed by atoms with Gasteiger partial charge in [0.05, 0.1) is 19.8 Å². The lowest BCUT2D eigenvalue weighted by molar-refractivity contribution is 0.102. The Kier molecular flexibility index (Phi) is 5.33. The van der Waals surface area contributed by atoms with Gasteiger partial charge in [0.25, 0.3) is 5.91 Å². The van der Waals surface area contributed by atoms with Crippen molar-refractivity contribution in [2.75, 3.05) is 31.0 Å². The van der Waals surface area contributed by atoms with E-state index in [0.717, 1.165) is 25.2 Å². The standard InChI is InChI=1S/C23H23N3O3/c1-28-20-11-10-18(14-21(20)29-2)25-23(27)17-9-12-22(24-15-17)26-13-5-7-16-6-3-4-8-19(16)26/h3-4,6,8-12,14-15H,5,7,13H2,1-2H3,(H,25,27). The van der Waals surface area contributed by atoms with Crippen molar-refractivity contribution in [3.05, 3.63) is 71.9 Å². The molecule has 0 saturated carbocycles. The van der Waals surface area contributed by atoms with Gasteiger partial charge in [-0.2, -0.15) is 0 Å². The zero-order valence-corrected chi connectivity index (χ0v) is 16.5. The highest BCUT2D eigenvalue weighted by Gasteiger charge is 2.19. The lowest BCUT2D eigenvalue weighted by atomic mass is 10.0. The number of anilines is 3. The number of carbonyl (C=O) groups excluding carboxylic acids is 1. The van der Waals surface area contributed by atoms with E-state index in [1.165, 1.54) is 11.3 Å². The molecule has 2 heterocycles. The lowest BCUT2D eigenvalue weighted by Crippen LogP contribution is -2.25. The summed E-state index contributed by atoms with van der Waals surface area (Å²) in [6.07, 6.45) is 3.78. The van der Waals surface area contributed by atoms with Gasteiger partial charge in [-0.1, -0.05) is 18.2 Å². The van der Waals surface area contributed by atoms with Crippen molar-refractivity contribution >= 4 is 23.1 Å². The number of pyridine rings is 1. The summed E-state index contributed by atoms with van der Waals surface area (Å²) in [5.41, 5.74) is 3.64. The minimum absolute atomic E-state index is 0.227. The molecule has 0 unspecified atom stereocenters. The monoisotopic (exact) mass is 389 g/mol. The number of fused-ring (bicyclic) bond motifs is 1. The van der Waals surface area contributed by atoms with Crippen LogP contribution < -0.4 is 19.7 Å². The van der Waals surface area contributed by atoms with Gasteiger partial charge in [0.15, 0.2) is 11.5 Å². The Labute approximate surface area is 170 Å². The molecule has 6 heteroatoms. The van der Waals surface area contributed by atoms with Crippen molar-refractivity contribution in [3.8, 4) is 11.5 Å². The van der Waals surface area contributed by atoms with Crippen LogP contribution in [-0.2, 0) is 6.42 Å². The van der Waals surface area contributed by atoms with E-state index < -0.39 is 0 Å². The lowest BCUT2D eigenvalue weighted by Gasteiger charge is -2.30. The van der Waals surface area contributed by atoms with Crippen LogP contribution in [0.3, 0.4) is 0 Å². The maximum absolute atomic E-state index is 12.6. The highest BCUT2D eigenvalue weighted by atomic mass is 16.5. The molecule has 1 amide bonds. The molecular formula is C23H23N3O3. The number of carbonyl (C=O) groups is 1. The van der Waals surface area contributed by atoms with Crippen LogP contribution in [0.2, 0.25) is 0 Å². The van der Waals surface area contributed by atoms with Crippen LogP contribution in [0, 0.1) is 0 Å². The Morgan fingerprint density at radius 3 is 2.62 bits per heavy atom. The predicted molar refractivity (Wildman–Crippen MR) is 114 cm³/mol. The third kappa shape index (κ3) is 3.87. The first-order valence-electron chi connectivity index (χ1n) is 9.54. The van der Waals surface area contributed by atoms with Crippen molar-refractivity contribution in [3.63, 3.8) is 0 Å². The fraction of sp³-hybridized carbons (Fsp3) is 0.217. The van der Waals surface area contributed by atoms with Crippen molar-refractivity contribution in [1.29, 1.82) is 0 Å². The predicted octanol–water partition coefficient (Wildman–Crippen LogP) is 4.44. The summed E-state index contributed by atoms with van der Waals surface area (Å²) in [4.78, 5) is 19.4. The topological polar surface area (TPSA) is 63.7 Å². The van der Waals surface area contributed by atoms with Gasteiger partial charge in [0.2, 0.25) is 0 Å². The molecule has 0 saturated heterocycles. The number of hydrogen-bond acceptors (Lipinski definition) is 5. The molecule has 29 heavy (non-hydrogen) atoms. The molecule has 2 aromatic carbocycles. The minimum atomic E-state index is -0.227. The summed E-state index contributed by atoms with van der Waals surface area (Å²) < 4.78 is 10.5. The van der Waals surface area contributed by atoms with Crippen molar-refractivity contribution in [2.45, 2.75) is 12.8 Å². The molecule has 0 spiro atoms. The van der Waals surface area contributed by atoms with Crippen LogP contribution >= 0.6 is 0 Å². The number of aryl methyl sites for hydroxylation is 1. The summed E-state index contributed by atoms with van der Waals surface area (Å²) in [5, 5.41) is 2.87. The van der Waals surface area contributed by atoms with Gasteiger partial charge < -0.3 is 19.7 Å². The van der Waals surface area contributed by atoms with Gasteiger partial charge in [0.1, 0.15) is 5.82 Å². The first-order chi connectivity index (χ1) is 14.2. The molecule has 1 aliphatic rings. The second-order valence-corrected chi connectivity index (χ2v) is 6.81. The van der Waals surface area contributed by atoms with E-state index in [1.54, 1.807) is 44.7 Å². The maximum atomic E-state index is 12.6. The Morgan fingerprint density at radius 1 is 1.03 bits per heavy atom. The number of nitrogens with zero attached hydrogens (tertiary/aromatic N) is 2. The highest BCUT2D eigenvalue weighted by molar-refractivity contribution is 6.04. The molecule has 0 aliphatic carbocycles. The summed E-state index contributed by atoms with van der Waals surface area (Å²) in [6, 6.07) is 17.3. The summed E-state index contributed by atoms with van der Waals surface area (Å²) in [7, 11) is 3.13. The molecule has 0 atom stereocenters. The summed E-state index contributed by atoms with van der Waals surface area (Å²) in [6.45, 7) is 0.918. The van der Waals surface area contributed by atoms with Gasteiger partial charge in [-0.05, 0) is 48.7 Å². The van der Waals surface area contributed by atoms with Gasteiger partial charge in [-0.25, -0.2) is 4.98 Å². The van der Waals surface area contributed by atoms with Crippen LogP contribution in [0.25, 0.3) is 0 Å². The third-order valence-electron chi connectivity index (χ3n) is 5.04. The van der Waals surface area contributed by atoms with Crippen molar-refractivity contribution in [1.82, 2.24) is 4.98 Å². The fourth-order valence-electron chi connectivity index (χ4n) is 3.57. The number of amides is 1. The molecule has 1 aliphatic heterocycles. The van der Waals surface area contributed by atoms with Crippen LogP contribution in [0.15, 0.2) is 60.8 Å². The molecule has 0 fully saturated rings. The van der Waals surface area contributed by atoms with E-state index in [-0.39, 0.29) is 5.91 Å². The van der Waals surface area contributed by atoms with E-state index in [1.807, 2.05) is 12.1 Å². The molecule has 6 nitrogen and oxygen atoms in total. The zero-order chi connectivity index (χ0) is 20.2. The fourth-order valence-corrected chi connectivity index (χ4v) is 3.57. The Bertz CT molecular complexity index is 1020. The van der Waals surface area contributed by atoms with Crippen molar-refractivity contribution < 1.29 is 14.3 Å².